The molecule has 0 atom stereocenters. The minimum absolute atomic E-state index is 0. The van der Waals surface area contributed by atoms with Gasteiger partial charge in [0.1, 0.15) is 5.82 Å². The monoisotopic (exact) mass is 482 g/mol. The Morgan fingerprint density at radius 3 is 2.78 bits per heavy atom. The van der Waals surface area contributed by atoms with Gasteiger partial charge in [-0.2, -0.15) is 0 Å². The van der Waals surface area contributed by atoms with Crippen LogP contribution in [-0.4, -0.2) is 41.3 Å². The third kappa shape index (κ3) is 6.68. The number of aliphatic imine (C=N–C) groups is 1. The van der Waals surface area contributed by atoms with E-state index in [2.05, 4.69) is 30.8 Å². The van der Waals surface area contributed by atoms with Gasteiger partial charge in [0.05, 0.1) is 26.0 Å². The van der Waals surface area contributed by atoms with E-state index in [1.165, 1.54) is 0 Å². The molecule has 27 heavy (non-hydrogen) atoms. The van der Waals surface area contributed by atoms with Gasteiger partial charge in [-0.1, -0.05) is 30.3 Å². The Labute approximate surface area is 174 Å². The number of nitrogens with one attached hydrogen (secondary N) is 3. The second kappa shape index (κ2) is 11.3. The zero-order valence-electron chi connectivity index (χ0n) is 15.0. The van der Waals surface area contributed by atoms with Gasteiger partial charge in [0, 0.05) is 13.6 Å². The highest BCUT2D eigenvalue weighted by Crippen LogP contribution is 2.14. The molecule has 0 aliphatic heterocycles. The SMILES string of the molecule is CN=C(NCCOCc1ccccc1)NCc1nc(-c2ccco2)n[nH]1.I. The number of aromatic nitrogens is 3. The molecule has 3 N–H and O–H groups in total. The molecular weight excluding hydrogens is 459 g/mol. The van der Waals surface area contributed by atoms with Crippen molar-refractivity contribution in [2.24, 2.45) is 4.99 Å². The number of rotatable bonds is 8. The Kier molecular flexibility index (Phi) is 8.78. The molecule has 9 heteroatoms. The van der Waals surface area contributed by atoms with Crippen LogP contribution in [0.15, 0.2) is 58.1 Å². The third-order valence-corrected chi connectivity index (χ3v) is 3.57. The minimum Gasteiger partial charge on any atom is -0.461 e. The molecule has 0 radical (unpaired) electrons. The van der Waals surface area contributed by atoms with Crippen LogP contribution in [0.1, 0.15) is 11.4 Å². The molecule has 0 bridgehead atoms. The standard InChI is InChI=1S/C18H22N6O2.HI/c1-19-18(20-9-11-25-13-14-6-3-2-4-7-14)21-12-16-22-17(24-23-16)15-8-5-10-26-15;/h2-8,10H,9,11-13H2,1H3,(H2,19,20,21)(H,22,23,24);1H. The summed E-state index contributed by atoms with van der Waals surface area (Å²) >= 11 is 0. The smallest absolute Gasteiger partial charge is 0.216 e. The molecule has 0 fully saturated rings. The Morgan fingerprint density at radius 1 is 1.19 bits per heavy atom. The van der Waals surface area contributed by atoms with Gasteiger partial charge in [0.15, 0.2) is 11.7 Å². The average molecular weight is 482 g/mol. The Hall–Kier alpha value is -2.40. The van der Waals surface area contributed by atoms with Gasteiger partial charge in [0.2, 0.25) is 5.82 Å². The van der Waals surface area contributed by atoms with Gasteiger partial charge in [-0.3, -0.25) is 10.1 Å². The molecule has 3 aromatic rings. The lowest BCUT2D eigenvalue weighted by atomic mass is 10.2. The van der Waals surface area contributed by atoms with Crippen LogP contribution in [0.5, 0.6) is 0 Å². The molecule has 1 aromatic carbocycles. The third-order valence-electron chi connectivity index (χ3n) is 3.57. The van der Waals surface area contributed by atoms with Crippen molar-refractivity contribution in [2.75, 3.05) is 20.2 Å². The first kappa shape index (κ1) is 20.9. The van der Waals surface area contributed by atoms with Crippen LogP contribution in [0.3, 0.4) is 0 Å². The molecule has 0 saturated heterocycles. The molecule has 0 aliphatic carbocycles. The number of hydrogen-bond donors (Lipinski definition) is 3. The molecule has 3 rings (SSSR count). The van der Waals surface area contributed by atoms with E-state index in [1.807, 2.05) is 36.4 Å². The van der Waals surface area contributed by atoms with Crippen molar-refractivity contribution in [1.82, 2.24) is 25.8 Å². The van der Waals surface area contributed by atoms with Crippen LogP contribution in [0.2, 0.25) is 0 Å². The topological polar surface area (TPSA) is 100 Å². The second-order valence-corrected chi connectivity index (χ2v) is 5.47. The first-order valence-corrected chi connectivity index (χ1v) is 8.36. The lowest BCUT2D eigenvalue weighted by Crippen LogP contribution is -2.38. The molecular formula is C18H23IN6O2. The predicted molar refractivity (Wildman–Crippen MR) is 114 cm³/mol. The van der Waals surface area contributed by atoms with Crippen LogP contribution >= 0.6 is 24.0 Å². The number of benzene rings is 1. The summed E-state index contributed by atoms with van der Waals surface area (Å²) in [5.74, 6) is 2.53. The number of hydrogen-bond acceptors (Lipinski definition) is 5. The maximum Gasteiger partial charge on any atom is 0.216 e. The zero-order valence-corrected chi connectivity index (χ0v) is 17.3. The summed E-state index contributed by atoms with van der Waals surface area (Å²) in [4.78, 5) is 8.55. The van der Waals surface area contributed by atoms with Crippen molar-refractivity contribution < 1.29 is 9.15 Å². The molecule has 0 unspecified atom stereocenters. The van der Waals surface area contributed by atoms with E-state index in [1.54, 1.807) is 19.4 Å². The normalized spacial score (nSPS) is 11.1. The number of furan rings is 1. The molecule has 0 saturated carbocycles. The van der Waals surface area contributed by atoms with Crippen molar-refractivity contribution in [1.29, 1.82) is 0 Å². The molecule has 0 amide bonds. The van der Waals surface area contributed by atoms with Crippen LogP contribution in [0.25, 0.3) is 11.6 Å². The van der Waals surface area contributed by atoms with Crippen LogP contribution in [-0.2, 0) is 17.9 Å². The molecule has 8 nitrogen and oxygen atoms in total. The summed E-state index contributed by atoms with van der Waals surface area (Å²) in [7, 11) is 1.72. The highest BCUT2D eigenvalue weighted by Gasteiger charge is 2.08. The van der Waals surface area contributed by atoms with Crippen molar-refractivity contribution >= 4 is 29.9 Å². The van der Waals surface area contributed by atoms with E-state index in [0.717, 1.165) is 5.56 Å². The Bertz CT molecular complexity index is 804. The fourth-order valence-electron chi connectivity index (χ4n) is 2.28. The van der Waals surface area contributed by atoms with E-state index < -0.39 is 0 Å². The number of aromatic amines is 1. The average Bonchev–Trinajstić information content (AvgIpc) is 3.36. The number of H-pyrrole nitrogens is 1. The van der Waals surface area contributed by atoms with Crippen LogP contribution in [0.4, 0.5) is 0 Å². The van der Waals surface area contributed by atoms with E-state index in [0.29, 0.717) is 49.7 Å². The highest BCUT2D eigenvalue weighted by atomic mass is 127. The van der Waals surface area contributed by atoms with Gasteiger partial charge in [0.25, 0.3) is 0 Å². The molecule has 2 heterocycles. The van der Waals surface area contributed by atoms with E-state index >= 15 is 0 Å². The predicted octanol–water partition coefficient (Wildman–Crippen LogP) is 2.56. The summed E-state index contributed by atoms with van der Waals surface area (Å²) in [6, 6.07) is 13.7. The van der Waals surface area contributed by atoms with Gasteiger partial charge >= 0.3 is 0 Å². The zero-order chi connectivity index (χ0) is 18.0. The highest BCUT2D eigenvalue weighted by molar-refractivity contribution is 14.0. The first-order valence-electron chi connectivity index (χ1n) is 8.36. The Balaban J connectivity index is 0.00000261. The number of ether oxygens (including phenoxy) is 1. The van der Waals surface area contributed by atoms with Gasteiger partial charge in [-0.25, -0.2) is 4.98 Å². The summed E-state index contributed by atoms with van der Waals surface area (Å²) in [5, 5.41) is 13.4. The van der Waals surface area contributed by atoms with E-state index in [-0.39, 0.29) is 24.0 Å². The summed E-state index contributed by atoms with van der Waals surface area (Å²) in [6.45, 7) is 2.31. The van der Waals surface area contributed by atoms with Crippen molar-refractivity contribution in [2.45, 2.75) is 13.2 Å². The minimum atomic E-state index is 0. The molecule has 144 valence electrons. The van der Waals surface area contributed by atoms with Gasteiger partial charge in [-0.05, 0) is 17.7 Å². The number of halogens is 1. The van der Waals surface area contributed by atoms with Crippen LogP contribution < -0.4 is 10.6 Å². The van der Waals surface area contributed by atoms with Crippen molar-refractivity contribution in [3.8, 4) is 11.6 Å². The summed E-state index contributed by atoms with van der Waals surface area (Å²) in [5.41, 5.74) is 1.16. The van der Waals surface area contributed by atoms with Crippen molar-refractivity contribution in [3.63, 3.8) is 0 Å². The van der Waals surface area contributed by atoms with Gasteiger partial charge in [-0.15, -0.1) is 29.1 Å². The lowest BCUT2D eigenvalue weighted by molar-refractivity contribution is 0.125. The van der Waals surface area contributed by atoms with Gasteiger partial charge < -0.3 is 19.8 Å². The molecule has 0 spiro atoms. The number of guanidine groups is 1. The largest absolute Gasteiger partial charge is 0.461 e. The van der Waals surface area contributed by atoms with E-state index in [9.17, 15) is 0 Å². The summed E-state index contributed by atoms with van der Waals surface area (Å²) < 4.78 is 10.9. The summed E-state index contributed by atoms with van der Waals surface area (Å²) in [6.07, 6.45) is 1.59. The maximum atomic E-state index is 5.64. The van der Waals surface area contributed by atoms with Crippen molar-refractivity contribution in [3.05, 3.63) is 60.1 Å². The van der Waals surface area contributed by atoms with Crippen LogP contribution in [0, 0.1) is 0 Å². The lowest BCUT2D eigenvalue weighted by Gasteiger charge is -2.11. The molecule has 0 aliphatic rings. The number of nitrogens with zero attached hydrogens (tertiary/aromatic N) is 3. The second-order valence-electron chi connectivity index (χ2n) is 5.47. The molecule has 2 aromatic heterocycles. The fourth-order valence-corrected chi connectivity index (χ4v) is 2.28. The maximum absolute atomic E-state index is 5.64. The van der Waals surface area contributed by atoms with E-state index in [4.69, 9.17) is 9.15 Å². The fraction of sp³-hybridized carbons (Fsp3) is 0.278. The Morgan fingerprint density at radius 2 is 2.04 bits per heavy atom. The quantitative estimate of drug-likeness (QED) is 0.198. The first-order chi connectivity index (χ1) is 12.8.